The maximum atomic E-state index is 11.7. The monoisotopic (exact) mass is 244 g/mol. The number of rotatable bonds is 3. The molecule has 0 bridgehead atoms. The second kappa shape index (κ2) is 5.13. The van der Waals surface area contributed by atoms with Gasteiger partial charge in [0.15, 0.2) is 0 Å². The number of hydrogen-bond donors (Lipinski definition) is 3. The highest BCUT2D eigenvalue weighted by atomic mass is 16.4. The molecule has 7 nitrogen and oxygen atoms in total. The van der Waals surface area contributed by atoms with Gasteiger partial charge in [-0.3, -0.25) is 14.4 Å². The molecule has 96 valence electrons. The van der Waals surface area contributed by atoms with Gasteiger partial charge in [0.1, 0.15) is 12.1 Å². The van der Waals surface area contributed by atoms with Crippen LogP contribution in [0.2, 0.25) is 0 Å². The van der Waals surface area contributed by atoms with Gasteiger partial charge in [-0.25, -0.2) is 0 Å². The first-order chi connectivity index (χ1) is 7.82. The third kappa shape index (κ3) is 3.16. The Bertz CT molecular complexity index is 344. The standard InChI is InChI=1S/C10H16N2O5/c1-5(10(16)17)11-9(15)8-3-7(14)4-12(8)6(2)13/h5,7-8,14H,3-4H2,1-2H3,(H,11,15)(H,16,17)/t5-,7?,8-/m0/s1. The van der Waals surface area contributed by atoms with Gasteiger partial charge in [-0.1, -0.05) is 0 Å². The van der Waals surface area contributed by atoms with Crippen LogP contribution in [0.4, 0.5) is 0 Å². The van der Waals surface area contributed by atoms with Gasteiger partial charge in [0.05, 0.1) is 6.10 Å². The number of aliphatic hydroxyl groups excluding tert-OH is 1. The molecule has 0 aromatic carbocycles. The predicted octanol–water partition coefficient (Wildman–Crippen LogP) is -1.44. The minimum atomic E-state index is -1.15. The third-order valence-corrected chi connectivity index (χ3v) is 2.72. The van der Waals surface area contributed by atoms with Crippen LogP contribution in [0.15, 0.2) is 0 Å². The highest BCUT2D eigenvalue weighted by Crippen LogP contribution is 2.18. The van der Waals surface area contributed by atoms with Gasteiger partial charge in [0.2, 0.25) is 11.8 Å². The average Bonchev–Trinajstić information content (AvgIpc) is 2.60. The van der Waals surface area contributed by atoms with Crippen LogP contribution in [-0.2, 0) is 14.4 Å². The summed E-state index contributed by atoms with van der Waals surface area (Å²) in [5, 5.41) is 20.4. The van der Waals surface area contributed by atoms with E-state index in [1.54, 1.807) is 0 Å². The number of β-amino-alcohol motifs (C(OH)–C–C–N with tert-alkyl or cyclic N) is 1. The highest BCUT2D eigenvalue weighted by Gasteiger charge is 2.38. The second-order valence-corrected chi connectivity index (χ2v) is 4.15. The van der Waals surface area contributed by atoms with E-state index in [1.165, 1.54) is 18.7 Å². The van der Waals surface area contributed by atoms with Crippen molar-refractivity contribution in [2.45, 2.75) is 38.5 Å². The largest absolute Gasteiger partial charge is 0.480 e. The van der Waals surface area contributed by atoms with E-state index in [0.717, 1.165) is 0 Å². The predicted molar refractivity (Wildman–Crippen MR) is 57.0 cm³/mol. The van der Waals surface area contributed by atoms with Crippen molar-refractivity contribution in [3.05, 3.63) is 0 Å². The lowest BCUT2D eigenvalue weighted by Gasteiger charge is -2.22. The number of aliphatic hydroxyl groups is 1. The first kappa shape index (κ1) is 13.4. The molecular weight excluding hydrogens is 228 g/mol. The van der Waals surface area contributed by atoms with Gasteiger partial charge in [-0.05, 0) is 6.92 Å². The van der Waals surface area contributed by atoms with Crippen molar-refractivity contribution < 1.29 is 24.6 Å². The molecule has 2 amide bonds. The van der Waals surface area contributed by atoms with Gasteiger partial charge in [0, 0.05) is 19.9 Å². The fourth-order valence-corrected chi connectivity index (χ4v) is 1.78. The number of carboxylic acids is 1. The van der Waals surface area contributed by atoms with Crippen molar-refractivity contribution >= 4 is 17.8 Å². The number of hydrogen-bond acceptors (Lipinski definition) is 4. The van der Waals surface area contributed by atoms with E-state index in [0.29, 0.717) is 0 Å². The number of carbonyl (C=O) groups excluding carboxylic acids is 2. The smallest absolute Gasteiger partial charge is 0.325 e. The highest BCUT2D eigenvalue weighted by molar-refractivity contribution is 5.90. The molecule has 0 spiro atoms. The summed E-state index contributed by atoms with van der Waals surface area (Å²) in [6.45, 7) is 2.75. The molecule has 0 aliphatic carbocycles. The summed E-state index contributed by atoms with van der Waals surface area (Å²) >= 11 is 0. The molecule has 3 atom stereocenters. The lowest BCUT2D eigenvalue weighted by atomic mass is 10.1. The summed E-state index contributed by atoms with van der Waals surface area (Å²) < 4.78 is 0. The Kier molecular flexibility index (Phi) is 4.06. The zero-order valence-electron chi connectivity index (χ0n) is 9.71. The van der Waals surface area contributed by atoms with Crippen LogP contribution in [0.5, 0.6) is 0 Å². The summed E-state index contributed by atoms with van der Waals surface area (Å²) in [5.74, 6) is -2.01. The number of carbonyl (C=O) groups is 3. The summed E-state index contributed by atoms with van der Waals surface area (Å²) in [7, 11) is 0. The van der Waals surface area contributed by atoms with Crippen LogP contribution in [-0.4, -0.2) is 57.6 Å². The Balaban J connectivity index is 2.67. The van der Waals surface area contributed by atoms with E-state index in [1.807, 2.05) is 0 Å². The molecule has 0 saturated carbocycles. The zero-order chi connectivity index (χ0) is 13.2. The lowest BCUT2D eigenvalue weighted by Crippen LogP contribution is -2.49. The van der Waals surface area contributed by atoms with Gasteiger partial charge >= 0.3 is 5.97 Å². The number of nitrogens with zero attached hydrogens (tertiary/aromatic N) is 1. The Hall–Kier alpha value is -1.63. The molecule has 1 aliphatic heterocycles. The van der Waals surface area contributed by atoms with E-state index < -0.39 is 30.1 Å². The molecule has 7 heteroatoms. The van der Waals surface area contributed by atoms with Crippen LogP contribution in [0, 0.1) is 0 Å². The summed E-state index contributed by atoms with van der Waals surface area (Å²) in [5.41, 5.74) is 0. The van der Waals surface area contributed by atoms with E-state index in [4.69, 9.17) is 5.11 Å². The third-order valence-electron chi connectivity index (χ3n) is 2.72. The van der Waals surface area contributed by atoms with Gasteiger partial charge in [-0.2, -0.15) is 0 Å². The van der Waals surface area contributed by atoms with E-state index >= 15 is 0 Å². The number of carboxylic acid groups (broad SMARTS) is 1. The maximum Gasteiger partial charge on any atom is 0.325 e. The fourth-order valence-electron chi connectivity index (χ4n) is 1.78. The quantitative estimate of drug-likeness (QED) is 0.563. The molecule has 0 radical (unpaired) electrons. The molecule has 0 aromatic rings. The molecule has 1 aliphatic rings. The molecule has 17 heavy (non-hydrogen) atoms. The number of amides is 2. The lowest BCUT2D eigenvalue weighted by molar-refractivity contribution is -0.143. The molecule has 1 heterocycles. The van der Waals surface area contributed by atoms with Crippen LogP contribution in [0.25, 0.3) is 0 Å². The van der Waals surface area contributed by atoms with Crippen molar-refractivity contribution in [3.8, 4) is 0 Å². The van der Waals surface area contributed by atoms with Crippen molar-refractivity contribution in [1.82, 2.24) is 10.2 Å². The summed E-state index contributed by atoms with van der Waals surface area (Å²) in [6, 6.07) is -1.81. The molecule has 0 aromatic heterocycles. The first-order valence-corrected chi connectivity index (χ1v) is 5.31. The normalized spacial score (nSPS) is 25.5. The van der Waals surface area contributed by atoms with Gasteiger partial charge in [-0.15, -0.1) is 0 Å². The molecule has 3 N–H and O–H groups in total. The topological polar surface area (TPSA) is 107 Å². The first-order valence-electron chi connectivity index (χ1n) is 5.31. The van der Waals surface area contributed by atoms with Crippen LogP contribution in [0.3, 0.4) is 0 Å². The second-order valence-electron chi connectivity index (χ2n) is 4.15. The molecule has 1 unspecified atom stereocenters. The van der Waals surface area contributed by atoms with Gasteiger partial charge in [0.25, 0.3) is 0 Å². The van der Waals surface area contributed by atoms with Crippen molar-refractivity contribution in [2.75, 3.05) is 6.54 Å². The Labute approximate surface area is 98.4 Å². The minimum Gasteiger partial charge on any atom is -0.480 e. The minimum absolute atomic E-state index is 0.106. The molecule has 1 fully saturated rings. The van der Waals surface area contributed by atoms with Crippen molar-refractivity contribution in [1.29, 1.82) is 0 Å². The van der Waals surface area contributed by atoms with Gasteiger partial charge < -0.3 is 20.4 Å². The van der Waals surface area contributed by atoms with E-state index in [-0.39, 0.29) is 18.9 Å². The Morgan fingerprint density at radius 2 is 2.00 bits per heavy atom. The SMILES string of the molecule is CC(=O)N1CC(O)C[C@H]1C(=O)N[C@@H](C)C(=O)O. The Morgan fingerprint density at radius 3 is 2.47 bits per heavy atom. The zero-order valence-corrected chi connectivity index (χ0v) is 9.71. The number of likely N-dealkylation sites (tertiary alicyclic amines) is 1. The van der Waals surface area contributed by atoms with Crippen LogP contribution >= 0.6 is 0 Å². The van der Waals surface area contributed by atoms with E-state index in [9.17, 15) is 19.5 Å². The fraction of sp³-hybridized carbons (Fsp3) is 0.700. The van der Waals surface area contributed by atoms with Crippen LogP contribution < -0.4 is 5.32 Å². The van der Waals surface area contributed by atoms with E-state index in [2.05, 4.69) is 5.32 Å². The average molecular weight is 244 g/mol. The summed E-state index contributed by atoms with van der Waals surface area (Å²) in [4.78, 5) is 34.8. The van der Waals surface area contributed by atoms with Crippen LogP contribution in [0.1, 0.15) is 20.3 Å². The molecule has 1 saturated heterocycles. The van der Waals surface area contributed by atoms with Crippen molar-refractivity contribution in [2.24, 2.45) is 0 Å². The Morgan fingerprint density at radius 1 is 1.41 bits per heavy atom. The summed E-state index contributed by atoms with van der Waals surface area (Å²) in [6.07, 6.45) is -0.604. The molecular formula is C10H16N2O5. The molecule has 1 rings (SSSR count). The van der Waals surface area contributed by atoms with Crippen molar-refractivity contribution in [3.63, 3.8) is 0 Å². The number of aliphatic carboxylic acids is 1. The maximum absolute atomic E-state index is 11.7. The number of nitrogens with one attached hydrogen (secondary N) is 1.